The number of ether oxygens (including phenoxy) is 1. The molecule has 1 atom stereocenters. The summed E-state index contributed by atoms with van der Waals surface area (Å²) in [4.78, 5) is 27.2. The quantitative estimate of drug-likeness (QED) is 0.770. The van der Waals surface area contributed by atoms with E-state index >= 15 is 0 Å². The number of carbonyl (C=O) groups is 2. The van der Waals surface area contributed by atoms with Gasteiger partial charge in [0.25, 0.3) is 0 Å². The van der Waals surface area contributed by atoms with E-state index in [1.807, 2.05) is 29.2 Å². The second kappa shape index (κ2) is 6.96. The van der Waals surface area contributed by atoms with Crippen molar-refractivity contribution in [1.82, 2.24) is 4.90 Å². The summed E-state index contributed by atoms with van der Waals surface area (Å²) in [6.45, 7) is 5.52. The van der Waals surface area contributed by atoms with Crippen molar-refractivity contribution < 1.29 is 14.3 Å². The SMILES string of the molecule is CCCC(CCC)C(=O)N1CCCC2(C1)OC(=O)c1ccccc12. The molecule has 1 aromatic carbocycles. The zero-order valence-electron chi connectivity index (χ0n) is 14.7. The minimum absolute atomic E-state index is 0.0995. The molecule has 1 spiro atoms. The first kappa shape index (κ1) is 17.0. The van der Waals surface area contributed by atoms with E-state index in [1.54, 1.807) is 0 Å². The average Bonchev–Trinajstić information content (AvgIpc) is 2.86. The summed E-state index contributed by atoms with van der Waals surface area (Å²) in [6.07, 6.45) is 5.59. The Labute approximate surface area is 144 Å². The highest BCUT2D eigenvalue weighted by Crippen LogP contribution is 2.43. The Kier molecular flexibility index (Phi) is 4.93. The maximum Gasteiger partial charge on any atom is 0.339 e. The Bertz CT molecular complexity index is 621. The summed E-state index contributed by atoms with van der Waals surface area (Å²) in [7, 11) is 0. The van der Waals surface area contributed by atoms with E-state index in [0.717, 1.165) is 50.6 Å². The average molecular weight is 329 g/mol. The molecule has 4 heteroatoms. The van der Waals surface area contributed by atoms with Gasteiger partial charge in [0.05, 0.1) is 12.1 Å². The molecule has 1 fully saturated rings. The smallest absolute Gasteiger partial charge is 0.339 e. The molecule has 0 aliphatic carbocycles. The van der Waals surface area contributed by atoms with Crippen LogP contribution in [0.15, 0.2) is 24.3 Å². The number of carbonyl (C=O) groups excluding carboxylic acids is 2. The van der Waals surface area contributed by atoms with Crippen molar-refractivity contribution in [3.63, 3.8) is 0 Å². The molecule has 1 amide bonds. The molecule has 1 aromatic rings. The molecular weight excluding hydrogens is 302 g/mol. The van der Waals surface area contributed by atoms with Crippen molar-refractivity contribution in [3.05, 3.63) is 35.4 Å². The van der Waals surface area contributed by atoms with Crippen LogP contribution in [-0.4, -0.2) is 29.9 Å². The van der Waals surface area contributed by atoms with Gasteiger partial charge in [-0.15, -0.1) is 0 Å². The molecule has 4 nitrogen and oxygen atoms in total. The first-order chi connectivity index (χ1) is 11.6. The maximum atomic E-state index is 13.0. The third-order valence-corrected chi connectivity index (χ3v) is 5.32. The number of piperidine rings is 1. The first-order valence-electron chi connectivity index (χ1n) is 9.23. The summed E-state index contributed by atoms with van der Waals surface area (Å²) in [5.74, 6) is 0.0827. The number of hydrogen-bond acceptors (Lipinski definition) is 3. The van der Waals surface area contributed by atoms with Crippen LogP contribution in [0.4, 0.5) is 0 Å². The standard InChI is InChI=1S/C20H27NO3/c1-3-8-15(9-4-2)18(22)21-13-7-12-20(14-21)17-11-6-5-10-16(17)19(23)24-20/h5-6,10-11,15H,3-4,7-9,12-14H2,1-2H3. The second-order valence-electron chi connectivity index (χ2n) is 7.07. The lowest BCUT2D eigenvalue weighted by Crippen LogP contribution is -2.50. The Hall–Kier alpha value is -1.84. The molecule has 1 saturated heterocycles. The van der Waals surface area contributed by atoms with E-state index in [0.29, 0.717) is 12.1 Å². The van der Waals surface area contributed by atoms with Crippen LogP contribution in [0.5, 0.6) is 0 Å². The molecule has 0 N–H and O–H groups in total. The lowest BCUT2D eigenvalue weighted by atomic mass is 9.84. The van der Waals surface area contributed by atoms with E-state index in [2.05, 4.69) is 13.8 Å². The highest BCUT2D eigenvalue weighted by Gasteiger charge is 2.49. The molecule has 0 aromatic heterocycles. The van der Waals surface area contributed by atoms with Gasteiger partial charge in [-0.1, -0.05) is 44.9 Å². The van der Waals surface area contributed by atoms with Crippen LogP contribution in [0, 0.1) is 5.92 Å². The highest BCUT2D eigenvalue weighted by molar-refractivity contribution is 5.95. The molecule has 2 aliphatic rings. The lowest BCUT2D eigenvalue weighted by Gasteiger charge is -2.40. The summed E-state index contributed by atoms with van der Waals surface area (Å²) < 4.78 is 5.81. The Balaban J connectivity index is 1.82. The van der Waals surface area contributed by atoms with Gasteiger partial charge in [0, 0.05) is 18.0 Å². The van der Waals surface area contributed by atoms with Crippen LogP contribution in [-0.2, 0) is 15.1 Å². The Morgan fingerprint density at radius 1 is 1.25 bits per heavy atom. The molecule has 0 saturated carbocycles. The van der Waals surface area contributed by atoms with Gasteiger partial charge >= 0.3 is 5.97 Å². The minimum atomic E-state index is -0.634. The van der Waals surface area contributed by atoms with Crippen LogP contribution in [0.1, 0.15) is 68.3 Å². The monoisotopic (exact) mass is 329 g/mol. The van der Waals surface area contributed by atoms with Gasteiger partial charge in [0.15, 0.2) is 5.60 Å². The van der Waals surface area contributed by atoms with Crippen molar-refractivity contribution in [1.29, 1.82) is 0 Å². The summed E-state index contributed by atoms with van der Waals surface area (Å²) >= 11 is 0. The van der Waals surface area contributed by atoms with Gasteiger partial charge in [0.2, 0.25) is 5.91 Å². The fourth-order valence-electron chi connectivity index (χ4n) is 4.21. The predicted molar refractivity (Wildman–Crippen MR) is 92.7 cm³/mol. The molecule has 2 heterocycles. The second-order valence-corrected chi connectivity index (χ2v) is 7.07. The van der Waals surface area contributed by atoms with Gasteiger partial charge < -0.3 is 9.64 Å². The molecule has 0 bridgehead atoms. The van der Waals surface area contributed by atoms with Crippen molar-refractivity contribution in [3.8, 4) is 0 Å². The van der Waals surface area contributed by atoms with Crippen LogP contribution >= 0.6 is 0 Å². The zero-order chi connectivity index (χ0) is 17.2. The van der Waals surface area contributed by atoms with E-state index < -0.39 is 5.60 Å². The van der Waals surface area contributed by atoms with Crippen LogP contribution in [0.25, 0.3) is 0 Å². The van der Waals surface area contributed by atoms with Crippen molar-refractivity contribution in [2.75, 3.05) is 13.1 Å². The third-order valence-electron chi connectivity index (χ3n) is 5.32. The number of fused-ring (bicyclic) bond motifs is 2. The fourth-order valence-corrected chi connectivity index (χ4v) is 4.21. The summed E-state index contributed by atoms with van der Waals surface area (Å²) in [5.41, 5.74) is 0.977. The minimum Gasteiger partial charge on any atom is -0.449 e. The molecule has 3 rings (SSSR count). The van der Waals surface area contributed by atoms with Crippen molar-refractivity contribution in [2.24, 2.45) is 5.92 Å². The van der Waals surface area contributed by atoms with Gasteiger partial charge in [-0.25, -0.2) is 4.79 Å². The van der Waals surface area contributed by atoms with Crippen LogP contribution in [0.3, 0.4) is 0 Å². The fraction of sp³-hybridized carbons (Fsp3) is 0.600. The molecule has 0 radical (unpaired) electrons. The molecule has 2 aliphatic heterocycles. The molecule has 24 heavy (non-hydrogen) atoms. The Morgan fingerprint density at radius 2 is 1.96 bits per heavy atom. The van der Waals surface area contributed by atoms with Gasteiger partial charge in [-0.3, -0.25) is 4.79 Å². The van der Waals surface area contributed by atoms with E-state index in [9.17, 15) is 9.59 Å². The van der Waals surface area contributed by atoms with Gasteiger partial charge in [-0.2, -0.15) is 0 Å². The molecular formula is C20H27NO3. The topological polar surface area (TPSA) is 46.6 Å². The van der Waals surface area contributed by atoms with Crippen molar-refractivity contribution >= 4 is 11.9 Å². The summed E-state index contributed by atoms with van der Waals surface area (Å²) in [6, 6.07) is 7.61. The third kappa shape index (κ3) is 2.94. The zero-order valence-corrected chi connectivity index (χ0v) is 14.7. The van der Waals surface area contributed by atoms with E-state index in [4.69, 9.17) is 4.74 Å². The number of amides is 1. The van der Waals surface area contributed by atoms with Crippen molar-refractivity contribution in [2.45, 2.75) is 58.0 Å². The van der Waals surface area contributed by atoms with Crippen LogP contribution < -0.4 is 0 Å². The van der Waals surface area contributed by atoms with Gasteiger partial charge in [-0.05, 0) is 31.7 Å². The predicted octanol–water partition coefficient (Wildman–Crippen LogP) is 3.89. The number of nitrogens with zero attached hydrogens (tertiary/aromatic N) is 1. The number of likely N-dealkylation sites (tertiary alicyclic amines) is 1. The molecule has 1 unspecified atom stereocenters. The van der Waals surface area contributed by atoms with E-state index in [1.165, 1.54) is 0 Å². The first-order valence-corrected chi connectivity index (χ1v) is 9.23. The normalized spacial score (nSPS) is 22.8. The number of benzene rings is 1. The largest absolute Gasteiger partial charge is 0.449 e. The number of hydrogen-bond donors (Lipinski definition) is 0. The highest BCUT2D eigenvalue weighted by atomic mass is 16.6. The Morgan fingerprint density at radius 3 is 2.67 bits per heavy atom. The van der Waals surface area contributed by atoms with Gasteiger partial charge in [0.1, 0.15) is 0 Å². The van der Waals surface area contributed by atoms with Crippen LogP contribution in [0.2, 0.25) is 0 Å². The number of esters is 1. The number of rotatable bonds is 5. The summed E-state index contributed by atoms with van der Waals surface area (Å²) in [5, 5.41) is 0. The maximum absolute atomic E-state index is 13.0. The molecule has 130 valence electrons. The van der Waals surface area contributed by atoms with E-state index in [-0.39, 0.29) is 17.8 Å². The lowest BCUT2D eigenvalue weighted by molar-refractivity contribution is -0.143.